The zero-order valence-corrected chi connectivity index (χ0v) is 18.7. The molecule has 0 spiro atoms. The molecular formula is C24H31FN2O2S. The summed E-state index contributed by atoms with van der Waals surface area (Å²) >= 11 is 1.61. The Labute approximate surface area is 183 Å². The molecule has 0 fully saturated rings. The van der Waals surface area contributed by atoms with Crippen LogP contribution in [0.15, 0.2) is 48.4 Å². The highest BCUT2D eigenvalue weighted by molar-refractivity contribution is 7.10. The average molecular weight is 431 g/mol. The van der Waals surface area contributed by atoms with Gasteiger partial charge in [-0.05, 0) is 48.1 Å². The summed E-state index contributed by atoms with van der Waals surface area (Å²) in [6.45, 7) is 9.03. The molecule has 0 bridgehead atoms. The van der Waals surface area contributed by atoms with Crippen LogP contribution in [0.2, 0.25) is 0 Å². The van der Waals surface area contributed by atoms with Crippen molar-refractivity contribution in [3.8, 4) is 0 Å². The van der Waals surface area contributed by atoms with E-state index in [1.165, 1.54) is 12.1 Å². The Morgan fingerprint density at radius 3 is 2.40 bits per heavy atom. The molecule has 0 aliphatic rings. The van der Waals surface area contributed by atoms with Crippen LogP contribution < -0.4 is 0 Å². The molecule has 2 aromatic rings. The van der Waals surface area contributed by atoms with Crippen LogP contribution in [-0.2, 0) is 22.7 Å². The first-order valence-corrected chi connectivity index (χ1v) is 11.3. The molecule has 0 aliphatic heterocycles. The summed E-state index contributed by atoms with van der Waals surface area (Å²) < 4.78 is 13.3. The van der Waals surface area contributed by atoms with Gasteiger partial charge in [-0.1, -0.05) is 38.0 Å². The van der Waals surface area contributed by atoms with Gasteiger partial charge in [0.2, 0.25) is 11.8 Å². The van der Waals surface area contributed by atoms with Crippen molar-refractivity contribution >= 4 is 23.2 Å². The van der Waals surface area contributed by atoms with Gasteiger partial charge in [0.25, 0.3) is 0 Å². The number of aryl methyl sites for hydroxylation is 1. The molecule has 0 radical (unpaired) electrons. The minimum Gasteiger partial charge on any atom is -0.332 e. The van der Waals surface area contributed by atoms with Crippen molar-refractivity contribution in [2.24, 2.45) is 0 Å². The van der Waals surface area contributed by atoms with Gasteiger partial charge in [-0.15, -0.1) is 17.9 Å². The van der Waals surface area contributed by atoms with Crippen molar-refractivity contribution in [2.45, 2.75) is 52.6 Å². The summed E-state index contributed by atoms with van der Waals surface area (Å²) in [4.78, 5) is 30.2. The van der Waals surface area contributed by atoms with Crippen molar-refractivity contribution in [3.63, 3.8) is 0 Å². The number of amides is 2. The van der Waals surface area contributed by atoms with E-state index in [0.29, 0.717) is 26.1 Å². The van der Waals surface area contributed by atoms with E-state index < -0.39 is 0 Å². The van der Waals surface area contributed by atoms with Crippen molar-refractivity contribution in [1.82, 2.24) is 9.80 Å². The van der Waals surface area contributed by atoms with Crippen LogP contribution >= 0.6 is 11.3 Å². The summed E-state index contributed by atoms with van der Waals surface area (Å²) in [6, 6.07) is 8.20. The minimum absolute atomic E-state index is 0.0165. The molecule has 162 valence electrons. The molecule has 6 heteroatoms. The predicted molar refractivity (Wildman–Crippen MR) is 121 cm³/mol. The third-order valence-electron chi connectivity index (χ3n) is 4.96. The van der Waals surface area contributed by atoms with E-state index in [4.69, 9.17) is 0 Å². The maximum absolute atomic E-state index is 13.3. The van der Waals surface area contributed by atoms with Crippen LogP contribution in [0.3, 0.4) is 0 Å². The fourth-order valence-corrected chi connectivity index (χ4v) is 4.06. The summed E-state index contributed by atoms with van der Waals surface area (Å²) in [6.07, 6.45) is 4.95. The van der Waals surface area contributed by atoms with E-state index in [-0.39, 0.29) is 24.2 Å². The van der Waals surface area contributed by atoms with E-state index in [1.807, 2.05) is 18.4 Å². The van der Waals surface area contributed by atoms with Crippen molar-refractivity contribution in [3.05, 3.63) is 70.2 Å². The molecule has 2 rings (SSSR count). The first-order chi connectivity index (χ1) is 14.4. The summed E-state index contributed by atoms with van der Waals surface area (Å²) in [5.41, 5.74) is 1.99. The number of hydrogen-bond donors (Lipinski definition) is 0. The molecule has 0 saturated heterocycles. The van der Waals surface area contributed by atoms with E-state index >= 15 is 0 Å². The highest BCUT2D eigenvalue weighted by Gasteiger charge is 2.21. The average Bonchev–Trinajstić information content (AvgIpc) is 3.13. The smallest absolute Gasteiger partial charge is 0.242 e. The number of hydrogen-bond acceptors (Lipinski definition) is 3. The molecular weight excluding hydrogens is 399 g/mol. The van der Waals surface area contributed by atoms with Gasteiger partial charge in [-0.2, -0.15) is 0 Å². The fourth-order valence-electron chi connectivity index (χ4n) is 3.14. The number of benzene rings is 1. The number of carbonyl (C=O) groups excluding carboxylic acids is 2. The van der Waals surface area contributed by atoms with E-state index in [0.717, 1.165) is 35.3 Å². The Bertz CT molecular complexity index is 832. The Morgan fingerprint density at radius 2 is 1.80 bits per heavy atom. The summed E-state index contributed by atoms with van der Waals surface area (Å²) in [5, 5.41) is 2.01. The van der Waals surface area contributed by atoms with E-state index in [9.17, 15) is 14.0 Å². The molecule has 1 heterocycles. The predicted octanol–water partition coefficient (Wildman–Crippen LogP) is 5.32. The molecule has 1 aromatic carbocycles. The highest BCUT2D eigenvalue weighted by Crippen LogP contribution is 2.20. The zero-order valence-electron chi connectivity index (χ0n) is 17.9. The minimum atomic E-state index is -0.305. The largest absolute Gasteiger partial charge is 0.332 e. The maximum Gasteiger partial charge on any atom is 0.242 e. The van der Waals surface area contributed by atoms with Gasteiger partial charge in [-0.3, -0.25) is 9.59 Å². The van der Waals surface area contributed by atoms with E-state index in [1.54, 1.807) is 39.3 Å². The number of rotatable bonds is 12. The molecule has 4 nitrogen and oxygen atoms in total. The monoisotopic (exact) mass is 430 g/mol. The first-order valence-electron chi connectivity index (χ1n) is 10.4. The number of carbonyl (C=O) groups is 2. The maximum atomic E-state index is 13.3. The Balaban J connectivity index is 2.14. The third kappa shape index (κ3) is 7.41. The molecule has 30 heavy (non-hydrogen) atoms. The van der Waals surface area contributed by atoms with Gasteiger partial charge < -0.3 is 9.80 Å². The van der Waals surface area contributed by atoms with Crippen LogP contribution in [0.25, 0.3) is 0 Å². The van der Waals surface area contributed by atoms with Crippen LogP contribution in [0, 0.1) is 12.7 Å². The Kier molecular flexibility index (Phi) is 9.74. The molecule has 2 amide bonds. The number of nitrogens with zero attached hydrogens (tertiary/aromatic N) is 2. The summed E-state index contributed by atoms with van der Waals surface area (Å²) in [5.74, 6) is -0.455. The first kappa shape index (κ1) is 23.8. The molecule has 0 unspecified atom stereocenters. The topological polar surface area (TPSA) is 40.6 Å². The fraction of sp³-hybridized carbons (Fsp3) is 0.417. The van der Waals surface area contributed by atoms with Gasteiger partial charge in [0.05, 0.1) is 6.54 Å². The van der Waals surface area contributed by atoms with Crippen molar-refractivity contribution < 1.29 is 14.0 Å². The van der Waals surface area contributed by atoms with Gasteiger partial charge in [0, 0.05) is 24.4 Å². The number of thiophene rings is 1. The van der Waals surface area contributed by atoms with Crippen molar-refractivity contribution in [2.75, 3.05) is 13.1 Å². The Morgan fingerprint density at radius 1 is 1.07 bits per heavy atom. The lowest BCUT2D eigenvalue weighted by Gasteiger charge is -2.27. The quantitative estimate of drug-likeness (QED) is 0.338. The van der Waals surface area contributed by atoms with Gasteiger partial charge in [0.15, 0.2) is 0 Å². The van der Waals surface area contributed by atoms with Crippen LogP contribution in [-0.4, -0.2) is 34.7 Å². The van der Waals surface area contributed by atoms with Crippen LogP contribution in [0.5, 0.6) is 0 Å². The van der Waals surface area contributed by atoms with Gasteiger partial charge >= 0.3 is 0 Å². The lowest BCUT2D eigenvalue weighted by Crippen LogP contribution is -2.42. The molecule has 1 aromatic heterocycles. The van der Waals surface area contributed by atoms with Gasteiger partial charge in [-0.25, -0.2) is 4.39 Å². The van der Waals surface area contributed by atoms with E-state index in [2.05, 4.69) is 13.5 Å². The summed E-state index contributed by atoms with van der Waals surface area (Å²) in [7, 11) is 0. The zero-order chi connectivity index (χ0) is 21.9. The van der Waals surface area contributed by atoms with Crippen molar-refractivity contribution in [1.29, 1.82) is 0 Å². The standard InChI is InChI=1S/C24H31FN2O2S/c1-4-6-7-8-23(28)26(14-5-2)18-24(29)27(17-22-19(3)13-15-30-22)16-20-9-11-21(25)12-10-20/h5,9-13,15H,2,4,6-8,14,16-18H2,1,3H3. The Hall–Kier alpha value is -2.47. The van der Waals surface area contributed by atoms with Gasteiger partial charge in [0.1, 0.15) is 12.4 Å². The number of halogens is 1. The normalized spacial score (nSPS) is 10.6. The third-order valence-corrected chi connectivity index (χ3v) is 5.97. The second kappa shape index (κ2) is 12.3. The molecule has 0 aliphatic carbocycles. The SMILES string of the molecule is C=CCN(CC(=O)N(Cc1ccc(F)cc1)Cc1sccc1C)C(=O)CCCCC. The van der Waals surface area contributed by atoms with Crippen LogP contribution in [0.1, 0.15) is 48.6 Å². The lowest BCUT2D eigenvalue weighted by atomic mass is 10.1. The second-order valence-electron chi connectivity index (χ2n) is 7.42. The molecule has 0 atom stereocenters. The molecule has 0 N–H and O–H groups in total. The number of unbranched alkanes of at least 4 members (excludes halogenated alkanes) is 2. The lowest BCUT2D eigenvalue weighted by molar-refractivity contribution is -0.140. The molecule has 0 saturated carbocycles. The highest BCUT2D eigenvalue weighted by atomic mass is 32.1. The van der Waals surface area contributed by atoms with Crippen LogP contribution in [0.4, 0.5) is 4.39 Å². The second-order valence-corrected chi connectivity index (χ2v) is 8.42.